The molecule has 1 N–H and O–H groups in total. The van der Waals surface area contributed by atoms with Gasteiger partial charge in [-0.15, -0.1) is 10.2 Å². The molecule has 0 radical (unpaired) electrons. The average Bonchev–Trinajstić information content (AvgIpc) is 3.23. The number of aromatic amines is 1. The highest BCUT2D eigenvalue weighted by Crippen LogP contribution is 2.23. The van der Waals surface area contributed by atoms with Crippen LogP contribution in [0, 0.1) is 0 Å². The SMILES string of the molecule is CCCn1nnnc1CSc1n[nH]c(-c2ccc(OC)cc2)n1. The van der Waals surface area contributed by atoms with E-state index in [1.54, 1.807) is 7.11 Å². The minimum atomic E-state index is 0.632. The third kappa shape index (κ3) is 3.67. The zero-order valence-electron chi connectivity index (χ0n) is 12.9. The number of benzene rings is 1. The van der Waals surface area contributed by atoms with Crippen LogP contribution in [0.25, 0.3) is 11.4 Å². The first-order valence-electron chi connectivity index (χ1n) is 7.25. The van der Waals surface area contributed by atoms with Gasteiger partial charge in [-0.05, 0) is 41.1 Å². The zero-order valence-corrected chi connectivity index (χ0v) is 13.7. The van der Waals surface area contributed by atoms with Gasteiger partial charge in [-0.2, -0.15) is 0 Å². The average molecular weight is 331 g/mol. The maximum atomic E-state index is 5.15. The van der Waals surface area contributed by atoms with Crippen LogP contribution in [0.2, 0.25) is 0 Å². The van der Waals surface area contributed by atoms with Crippen molar-refractivity contribution in [2.75, 3.05) is 7.11 Å². The van der Waals surface area contributed by atoms with Gasteiger partial charge in [-0.25, -0.2) is 9.67 Å². The topological polar surface area (TPSA) is 94.4 Å². The molecule has 2 heterocycles. The first-order chi connectivity index (χ1) is 11.3. The molecule has 0 saturated heterocycles. The van der Waals surface area contributed by atoms with Crippen molar-refractivity contribution in [1.29, 1.82) is 0 Å². The molecule has 2 aromatic heterocycles. The van der Waals surface area contributed by atoms with Crippen molar-refractivity contribution in [3.8, 4) is 17.1 Å². The fourth-order valence-corrected chi connectivity index (χ4v) is 2.76. The molecule has 9 heteroatoms. The van der Waals surface area contributed by atoms with Crippen LogP contribution in [-0.2, 0) is 12.3 Å². The van der Waals surface area contributed by atoms with E-state index in [1.165, 1.54) is 11.8 Å². The molecule has 0 saturated carbocycles. The third-order valence-electron chi connectivity index (χ3n) is 3.20. The molecule has 0 aliphatic carbocycles. The van der Waals surface area contributed by atoms with Crippen LogP contribution in [0.1, 0.15) is 19.2 Å². The Morgan fingerprint density at radius 3 is 2.83 bits per heavy atom. The predicted octanol–water partition coefficient (Wildman–Crippen LogP) is 2.17. The molecule has 23 heavy (non-hydrogen) atoms. The standard InChI is InChI=1S/C14H17N7OS/c1-3-8-21-12(16-19-20-21)9-23-14-15-13(17-18-14)10-4-6-11(22-2)7-5-10/h4-7H,3,8-9H2,1-2H3,(H,15,17,18). The Labute approximate surface area is 137 Å². The molecule has 0 unspecified atom stereocenters. The van der Waals surface area contributed by atoms with Crippen LogP contribution in [-0.4, -0.2) is 42.5 Å². The molecular formula is C14H17N7OS. The summed E-state index contributed by atoms with van der Waals surface area (Å²) in [7, 11) is 1.64. The van der Waals surface area contributed by atoms with Crippen LogP contribution in [0.4, 0.5) is 0 Å². The first-order valence-corrected chi connectivity index (χ1v) is 8.23. The Morgan fingerprint density at radius 2 is 2.09 bits per heavy atom. The number of rotatable bonds is 7. The number of hydrogen-bond donors (Lipinski definition) is 1. The third-order valence-corrected chi connectivity index (χ3v) is 4.04. The molecule has 0 fully saturated rings. The summed E-state index contributed by atoms with van der Waals surface area (Å²) < 4.78 is 6.96. The molecule has 0 aliphatic rings. The van der Waals surface area contributed by atoms with Gasteiger partial charge in [0.15, 0.2) is 11.6 Å². The summed E-state index contributed by atoms with van der Waals surface area (Å²) in [5.74, 6) is 2.99. The number of nitrogens with one attached hydrogen (secondary N) is 1. The molecule has 120 valence electrons. The fraction of sp³-hybridized carbons (Fsp3) is 0.357. The smallest absolute Gasteiger partial charge is 0.209 e. The Hall–Kier alpha value is -2.42. The van der Waals surface area contributed by atoms with Gasteiger partial charge in [0.25, 0.3) is 0 Å². The van der Waals surface area contributed by atoms with E-state index in [1.807, 2.05) is 28.9 Å². The van der Waals surface area contributed by atoms with Gasteiger partial charge in [0.05, 0.1) is 12.9 Å². The molecule has 0 aliphatic heterocycles. The molecule has 0 spiro atoms. The second-order valence-electron chi connectivity index (χ2n) is 4.80. The molecule has 1 aromatic carbocycles. The Bertz CT molecular complexity index is 753. The Kier molecular flexibility index (Phi) is 4.86. The van der Waals surface area contributed by atoms with Gasteiger partial charge in [-0.3, -0.25) is 5.10 Å². The Balaban J connectivity index is 1.65. The predicted molar refractivity (Wildman–Crippen MR) is 86.0 cm³/mol. The van der Waals surface area contributed by atoms with Crippen LogP contribution < -0.4 is 4.74 Å². The summed E-state index contributed by atoms with van der Waals surface area (Å²) in [5, 5.41) is 19.6. The molecular weight excluding hydrogens is 314 g/mol. The number of H-pyrrole nitrogens is 1. The number of aryl methyl sites for hydroxylation is 1. The number of hydrogen-bond acceptors (Lipinski definition) is 7. The van der Waals surface area contributed by atoms with E-state index in [2.05, 4.69) is 37.6 Å². The van der Waals surface area contributed by atoms with E-state index >= 15 is 0 Å². The van der Waals surface area contributed by atoms with Crippen molar-refractivity contribution in [3.05, 3.63) is 30.1 Å². The number of ether oxygens (including phenoxy) is 1. The minimum Gasteiger partial charge on any atom is -0.497 e. The molecule has 3 aromatic rings. The lowest BCUT2D eigenvalue weighted by molar-refractivity contribution is 0.415. The maximum absolute atomic E-state index is 5.15. The molecule has 0 amide bonds. The normalized spacial score (nSPS) is 10.9. The molecule has 0 atom stereocenters. The van der Waals surface area contributed by atoms with Crippen LogP contribution in [0.5, 0.6) is 5.75 Å². The summed E-state index contributed by atoms with van der Waals surface area (Å²) in [6.07, 6.45) is 0.991. The van der Waals surface area contributed by atoms with E-state index in [0.29, 0.717) is 10.9 Å². The van der Waals surface area contributed by atoms with Crippen molar-refractivity contribution >= 4 is 11.8 Å². The van der Waals surface area contributed by atoms with Gasteiger partial charge in [0.2, 0.25) is 5.16 Å². The molecule has 0 bridgehead atoms. The lowest BCUT2D eigenvalue weighted by atomic mass is 10.2. The largest absolute Gasteiger partial charge is 0.497 e. The second-order valence-corrected chi connectivity index (χ2v) is 5.74. The number of tetrazole rings is 1. The molecule has 3 rings (SSSR count). The lowest BCUT2D eigenvalue weighted by Crippen LogP contribution is -2.04. The van der Waals surface area contributed by atoms with Crippen molar-refractivity contribution in [1.82, 2.24) is 35.4 Å². The van der Waals surface area contributed by atoms with Crippen molar-refractivity contribution in [2.24, 2.45) is 0 Å². The van der Waals surface area contributed by atoms with Crippen LogP contribution in [0.3, 0.4) is 0 Å². The summed E-state index contributed by atoms with van der Waals surface area (Å²) in [4.78, 5) is 4.49. The first kappa shape index (κ1) is 15.5. The molecule has 8 nitrogen and oxygen atoms in total. The zero-order chi connectivity index (χ0) is 16.1. The highest BCUT2D eigenvalue weighted by molar-refractivity contribution is 7.98. The van der Waals surface area contributed by atoms with Crippen LogP contribution in [0.15, 0.2) is 29.4 Å². The summed E-state index contributed by atoms with van der Waals surface area (Å²) in [5.41, 5.74) is 0.959. The number of thioether (sulfide) groups is 1. The van der Waals surface area contributed by atoms with Crippen molar-refractivity contribution in [2.45, 2.75) is 30.8 Å². The monoisotopic (exact) mass is 331 g/mol. The number of nitrogens with zero attached hydrogens (tertiary/aromatic N) is 6. The van der Waals surface area contributed by atoms with E-state index in [9.17, 15) is 0 Å². The summed E-state index contributed by atoms with van der Waals surface area (Å²) in [6, 6.07) is 7.66. The number of methoxy groups -OCH3 is 1. The minimum absolute atomic E-state index is 0.632. The van der Waals surface area contributed by atoms with Crippen molar-refractivity contribution < 1.29 is 4.74 Å². The highest BCUT2D eigenvalue weighted by Gasteiger charge is 2.10. The summed E-state index contributed by atoms with van der Waals surface area (Å²) >= 11 is 1.50. The van der Waals surface area contributed by atoms with E-state index in [4.69, 9.17) is 4.74 Å². The van der Waals surface area contributed by atoms with E-state index in [-0.39, 0.29) is 0 Å². The number of aromatic nitrogens is 7. The van der Waals surface area contributed by atoms with Gasteiger partial charge in [0, 0.05) is 12.1 Å². The van der Waals surface area contributed by atoms with E-state index < -0.39 is 0 Å². The highest BCUT2D eigenvalue weighted by atomic mass is 32.2. The lowest BCUT2D eigenvalue weighted by Gasteiger charge is -2.00. The van der Waals surface area contributed by atoms with Crippen molar-refractivity contribution in [3.63, 3.8) is 0 Å². The van der Waals surface area contributed by atoms with Gasteiger partial charge >= 0.3 is 0 Å². The van der Waals surface area contributed by atoms with Gasteiger partial charge < -0.3 is 4.74 Å². The van der Waals surface area contributed by atoms with Gasteiger partial charge in [0.1, 0.15) is 5.75 Å². The second kappa shape index (κ2) is 7.23. The Morgan fingerprint density at radius 1 is 1.26 bits per heavy atom. The summed E-state index contributed by atoms with van der Waals surface area (Å²) in [6.45, 7) is 2.91. The maximum Gasteiger partial charge on any atom is 0.209 e. The fourth-order valence-electron chi connectivity index (χ4n) is 2.03. The van der Waals surface area contributed by atoms with E-state index in [0.717, 1.165) is 35.9 Å². The van der Waals surface area contributed by atoms with Crippen LogP contribution >= 0.6 is 11.8 Å². The van der Waals surface area contributed by atoms with Gasteiger partial charge in [-0.1, -0.05) is 18.7 Å². The quantitative estimate of drug-likeness (QED) is 0.663.